The maximum absolute atomic E-state index is 12.1. The highest BCUT2D eigenvalue weighted by atomic mass is 32.2. The minimum Gasteiger partial charge on any atom is -0.325 e. The van der Waals surface area contributed by atoms with Gasteiger partial charge in [0.05, 0.1) is 16.0 Å². The average Bonchev–Trinajstić information content (AvgIpc) is 2.94. The number of anilines is 2. The molecule has 0 bridgehead atoms. The van der Waals surface area contributed by atoms with E-state index in [-0.39, 0.29) is 11.8 Å². The van der Waals surface area contributed by atoms with Crippen LogP contribution in [0.2, 0.25) is 0 Å². The third kappa shape index (κ3) is 4.33. The van der Waals surface area contributed by atoms with Crippen LogP contribution < -0.4 is 10.6 Å². The number of amides is 2. The van der Waals surface area contributed by atoms with E-state index in [2.05, 4.69) is 15.6 Å². The standard InChI is InChI=1S/C17H15N3O2S2/c1-11(21)18-17-20-14-8-7-12(9-15(14)24-17)19-16(22)10-23-13-5-3-2-4-6-13/h2-9H,10H2,1H3,(H,19,22)(H,18,20,21). The zero-order valence-electron chi connectivity index (χ0n) is 12.9. The van der Waals surface area contributed by atoms with Crippen molar-refractivity contribution >= 4 is 55.9 Å². The lowest BCUT2D eigenvalue weighted by molar-refractivity contribution is -0.114. The zero-order valence-corrected chi connectivity index (χ0v) is 14.5. The second kappa shape index (κ2) is 7.46. The van der Waals surface area contributed by atoms with Crippen molar-refractivity contribution in [2.45, 2.75) is 11.8 Å². The second-order valence-corrected chi connectivity index (χ2v) is 7.11. The summed E-state index contributed by atoms with van der Waals surface area (Å²) in [6.45, 7) is 1.45. The Balaban J connectivity index is 1.64. The first-order chi connectivity index (χ1) is 11.6. The molecule has 0 saturated heterocycles. The van der Waals surface area contributed by atoms with Crippen LogP contribution in [0.4, 0.5) is 10.8 Å². The molecule has 3 rings (SSSR count). The van der Waals surface area contributed by atoms with Crippen molar-refractivity contribution in [2.75, 3.05) is 16.4 Å². The maximum atomic E-state index is 12.1. The van der Waals surface area contributed by atoms with Gasteiger partial charge < -0.3 is 10.6 Å². The molecule has 24 heavy (non-hydrogen) atoms. The van der Waals surface area contributed by atoms with Crippen molar-refractivity contribution in [2.24, 2.45) is 0 Å². The third-order valence-electron chi connectivity index (χ3n) is 3.07. The summed E-state index contributed by atoms with van der Waals surface area (Å²) in [4.78, 5) is 28.5. The molecule has 0 unspecified atom stereocenters. The molecule has 0 radical (unpaired) electrons. The molecule has 0 spiro atoms. The zero-order chi connectivity index (χ0) is 16.9. The average molecular weight is 357 g/mol. The molecule has 0 fully saturated rings. The number of rotatable bonds is 5. The Morgan fingerprint density at radius 1 is 1.12 bits per heavy atom. The molecule has 1 aromatic heterocycles. The topological polar surface area (TPSA) is 71.1 Å². The molecule has 3 aromatic rings. The molecule has 0 aliphatic carbocycles. The van der Waals surface area contributed by atoms with E-state index >= 15 is 0 Å². The molecule has 0 aliphatic heterocycles. The maximum Gasteiger partial charge on any atom is 0.234 e. The van der Waals surface area contributed by atoms with Crippen LogP contribution in [0.15, 0.2) is 53.4 Å². The number of carbonyl (C=O) groups is 2. The summed E-state index contributed by atoms with van der Waals surface area (Å²) in [5, 5.41) is 6.11. The van der Waals surface area contributed by atoms with Crippen molar-refractivity contribution in [3.05, 3.63) is 48.5 Å². The summed E-state index contributed by atoms with van der Waals surface area (Å²) in [5.41, 5.74) is 1.51. The van der Waals surface area contributed by atoms with E-state index in [1.54, 1.807) is 0 Å². The van der Waals surface area contributed by atoms with Crippen LogP contribution in [0.25, 0.3) is 10.2 Å². The van der Waals surface area contributed by atoms with E-state index in [0.29, 0.717) is 10.9 Å². The minimum atomic E-state index is -0.152. The van der Waals surface area contributed by atoms with Gasteiger partial charge in [-0.3, -0.25) is 9.59 Å². The van der Waals surface area contributed by atoms with Gasteiger partial charge in [-0.2, -0.15) is 0 Å². The molecular weight excluding hydrogens is 342 g/mol. The monoisotopic (exact) mass is 357 g/mol. The third-order valence-corrected chi connectivity index (χ3v) is 5.01. The normalized spacial score (nSPS) is 10.5. The van der Waals surface area contributed by atoms with Crippen molar-refractivity contribution < 1.29 is 9.59 Å². The van der Waals surface area contributed by atoms with Crippen LogP contribution >= 0.6 is 23.1 Å². The summed E-state index contributed by atoms with van der Waals surface area (Å²) in [6, 6.07) is 15.3. The van der Waals surface area contributed by atoms with Crippen molar-refractivity contribution in [1.29, 1.82) is 0 Å². The Morgan fingerprint density at radius 3 is 2.67 bits per heavy atom. The Bertz CT molecular complexity index is 878. The number of fused-ring (bicyclic) bond motifs is 1. The van der Waals surface area contributed by atoms with Gasteiger partial charge in [-0.05, 0) is 30.3 Å². The molecule has 2 N–H and O–H groups in total. The Labute approximate surface area is 147 Å². The molecule has 0 saturated carbocycles. The number of thiazole rings is 1. The Hall–Kier alpha value is -2.38. The first-order valence-electron chi connectivity index (χ1n) is 7.26. The van der Waals surface area contributed by atoms with Crippen LogP contribution in [0.3, 0.4) is 0 Å². The quantitative estimate of drug-likeness (QED) is 0.678. The van der Waals surface area contributed by atoms with E-state index in [9.17, 15) is 9.59 Å². The van der Waals surface area contributed by atoms with E-state index < -0.39 is 0 Å². The fourth-order valence-corrected chi connectivity index (χ4v) is 3.74. The van der Waals surface area contributed by atoms with E-state index in [1.807, 2.05) is 48.5 Å². The number of hydrogen-bond donors (Lipinski definition) is 2. The van der Waals surface area contributed by atoms with Crippen LogP contribution in [0, 0.1) is 0 Å². The van der Waals surface area contributed by atoms with Crippen molar-refractivity contribution in [3.8, 4) is 0 Å². The van der Waals surface area contributed by atoms with Gasteiger partial charge in [-0.15, -0.1) is 11.8 Å². The van der Waals surface area contributed by atoms with Gasteiger partial charge in [-0.1, -0.05) is 29.5 Å². The number of nitrogens with one attached hydrogen (secondary N) is 2. The first-order valence-corrected chi connectivity index (χ1v) is 9.06. The van der Waals surface area contributed by atoms with Gasteiger partial charge in [0, 0.05) is 17.5 Å². The van der Waals surface area contributed by atoms with Gasteiger partial charge >= 0.3 is 0 Å². The summed E-state index contributed by atoms with van der Waals surface area (Å²) in [7, 11) is 0. The van der Waals surface area contributed by atoms with E-state index in [0.717, 1.165) is 20.8 Å². The minimum absolute atomic E-state index is 0.0604. The molecular formula is C17H15N3O2S2. The molecule has 0 atom stereocenters. The van der Waals surface area contributed by atoms with Crippen LogP contribution in [0.5, 0.6) is 0 Å². The predicted molar refractivity (Wildman–Crippen MR) is 99.7 cm³/mol. The highest BCUT2D eigenvalue weighted by Crippen LogP contribution is 2.28. The summed E-state index contributed by atoms with van der Waals surface area (Å²) < 4.78 is 0.910. The van der Waals surface area contributed by atoms with Crippen molar-refractivity contribution in [1.82, 2.24) is 4.98 Å². The molecule has 7 heteroatoms. The smallest absolute Gasteiger partial charge is 0.234 e. The first kappa shape index (κ1) is 16.5. The van der Waals surface area contributed by atoms with Gasteiger partial charge in [0.15, 0.2) is 5.13 Å². The Kier molecular flexibility index (Phi) is 5.12. The second-order valence-electron chi connectivity index (χ2n) is 5.03. The lowest BCUT2D eigenvalue weighted by Gasteiger charge is -2.05. The van der Waals surface area contributed by atoms with Gasteiger partial charge in [-0.25, -0.2) is 4.98 Å². The number of nitrogens with zero attached hydrogens (tertiary/aromatic N) is 1. The van der Waals surface area contributed by atoms with Crippen LogP contribution in [0.1, 0.15) is 6.92 Å². The van der Waals surface area contributed by atoms with E-state index in [4.69, 9.17) is 0 Å². The number of benzene rings is 2. The number of aromatic nitrogens is 1. The molecule has 1 heterocycles. The highest BCUT2D eigenvalue weighted by Gasteiger charge is 2.08. The number of thioether (sulfide) groups is 1. The van der Waals surface area contributed by atoms with Crippen molar-refractivity contribution in [3.63, 3.8) is 0 Å². The predicted octanol–water partition coefficient (Wildman–Crippen LogP) is 3.99. The SMILES string of the molecule is CC(=O)Nc1nc2ccc(NC(=O)CSc3ccccc3)cc2s1. The van der Waals surface area contributed by atoms with Crippen LogP contribution in [-0.2, 0) is 9.59 Å². The van der Waals surface area contributed by atoms with Gasteiger partial charge in [0.2, 0.25) is 11.8 Å². The number of hydrogen-bond acceptors (Lipinski definition) is 5. The number of carbonyl (C=O) groups excluding carboxylic acids is 2. The molecule has 2 aromatic carbocycles. The van der Waals surface area contributed by atoms with E-state index in [1.165, 1.54) is 30.0 Å². The highest BCUT2D eigenvalue weighted by molar-refractivity contribution is 8.00. The molecule has 2 amide bonds. The summed E-state index contributed by atoms with van der Waals surface area (Å²) in [6.07, 6.45) is 0. The van der Waals surface area contributed by atoms with Gasteiger partial charge in [0.25, 0.3) is 0 Å². The lowest BCUT2D eigenvalue weighted by Crippen LogP contribution is -2.13. The largest absolute Gasteiger partial charge is 0.325 e. The molecule has 0 aliphatic rings. The summed E-state index contributed by atoms with van der Waals surface area (Å²) >= 11 is 2.87. The van der Waals surface area contributed by atoms with Gasteiger partial charge in [0.1, 0.15) is 0 Å². The Morgan fingerprint density at radius 2 is 1.92 bits per heavy atom. The molecule has 122 valence electrons. The van der Waals surface area contributed by atoms with Crippen LogP contribution in [-0.4, -0.2) is 22.6 Å². The fraction of sp³-hybridized carbons (Fsp3) is 0.118. The lowest BCUT2D eigenvalue weighted by atomic mass is 10.3. The summed E-state index contributed by atoms with van der Waals surface area (Å²) in [5.74, 6) is 0.136. The fourth-order valence-electron chi connectivity index (χ4n) is 2.07. The molecule has 5 nitrogen and oxygen atoms in total.